The zero-order valence-corrected chi connectivity index (χ0v) is 22.5. The van der Waals surface area contributed by atoms with Crippen molar-refractivity contribution in [3.63, 3.8) is 0 Å². The number of aryl methyl sites for hydroxylation is 1. The Morgan fingerprint density at radius 1 is 0.625 bits per heavy atom. The summed E-state index contributed by atoms with van der Waals surface area (Å²) < 4.78 is 4.52. The Hall–Kier alpha value is -5.07. The molecule has 0 aliphatic rings. The van der Waals surface area contributed by atoms with Gasteiger partial charge in [-0.25, -0.2) is 15.0 Å². The summed E-state index contributed by atoms with van der Waals surface area (Å²) >= 11 is 1.60. The Balaban J connectivity index is 1.32. The first-order valence-corrected chi connectivity index (χ1v) is 14.1. The summed E-state index contributed by atoms with van der Waals surface area (Å²) in [7, 11) is 2.08. The molecule has 0 radical (unpaired) electrons. The molecule has 6 heteroatoms. The number of para-hydroxylation sites is 3. The number of rotatable bonds is 4. The fraction of sp³-hybridized carbons (Fsp3) is 0.0294. The third-order valence-electron chi connectivity index (χ3n) is 7.52. The maximum atomic E-state index is 4.97. The second kappa shape index (κ2) is 9.00. The normalized spacial score (nSPS) is 11.6. The van der Waals surface area contributed by atoms with E-state index in [1.165, 1.54) is 16.3 Å². The van der Waals surface area contributed by atoms with E-state index in [0.717, 1.165) is 55.6 Å². The van der Waals surface area contributed by atoms with E-state index < -0.39 is 0 Å². The van der Waals surface area contributed by atoms with Crippen LogP contribution >= 0.6 is 11.3 Å². The van der Waals surface area contributed by atoms with Gasteiger partial charge in [0, 0.05) is 46.2 Å². The molecule has 40 heavy (non-hydrogen) atoms. The largest absolute Gasteiger partial charge is 0.327 e. The fourth-order valence-electron chi connectivity index (χ4n) is 5.66. The lowest BCUT2D eigenvalue weighted by molar-refractivity contribution is 0.959. The van der Waals surface area contributed by atoms with E-state index in [-0.39, 0.29) is 0 Å². The van der Waals surface area contributed by atoms with Gasteiger partial charge >= 0.3 is 0 Å². The molecule has 190 valence electrons. The number of hydrogen-bond donors (Lipinski definition) is 0. The predicted molar refractivity (Wildman–Crippen MR) is 165 cm³/mol. The van der Waals surface area contributed by atoms with Crippen LogP contribution in [0.4, 0.5) is 0 Å². The van der Waals surface area contributed by atoms with E-state index in [9.17, 15) is 0 Å². The van der Waals surface area contributed by atoms with E-state index in [1.807, 2.05) is 23.7 Å². The van der Waals surface area contributed by atoms with Crippen LogP contribution < -0.4 is 0 Å². The van der Waals surface area contributed by atoms with Crippen LogP contribution in [0.3, 0.4) is 0 Å². The summed E-state index contributed by atoms with van der Waals surface area (Å²) in [4.78, 5) is 14.4. The van der Waals surface area contributed by atoms with Crippen molar-refractivity contribution in [2.75, 3.05) is 0 Å². The SMILES string of the molecule is Cn1c(-c2ccc3c4ccccc4n(-c4cccc(-c5cccc(-c6nccs6)n5)c4)c3c2)nc2ccccc21. The average Bonchev–Trinajstić information content (AvgIpc) is 3.74. The van der Waals surface area contributed by atoms with Crippen molar-refractivity contribution in [3.8, 4) is 39.0 Å². The molecule has 0 unspecified atom stereocenters. The molecule has 0 N–H and O–H groups in total. The van der Waals surface area contributed by atoms with Crippen LogP contribution in [0.1, 0.15) is 0 Å². The topological polar surface area (TPSA) is 48.5 Å². The van der Waals surface area contributed by atoms with Gasteiger partial charge in [-0.2, -0.15) is 0 Å². The van der Waals surface area contributed by atoms with Gasteiger partial charge in [-0.05, 0) is 48.5 Å². The summed E-state index contributed by atoms with van der Waals surface area (Å²) in [6.45, 7) is 0. The minimum Gasteiger partial charge on any atom is -0.327 e. The molecular formula is C34H23N5S. The predicted octanol–water partition coefficient (Wildman–Crippen LogP) is 8.52. The highest BCUT2D eigenvalue weighted by molar-refractivity contribution is 7.13. The van der Waals surface area contributed by atoms with E-state index in [4.69, 9.17) is 9.97 Å². The van der Waals surface area contributed by atoms with Crippen molar-refractivity contribution in [1.82, 2.24) is 24.1 Å². The zero-order valence-electron chi connectivity index (χ0n) is 21.7. The van der Waals surface area contributed by atoms with Crippen LogP contribution in [-0.2, 0) is 7.05 Å². The third-order valence-corrected chi connectivity index (χ3v) is 8.32. The van der Waals surface area contributed by atoms with Crippen LogP contribution in [0, 0.1) is 0 Å². The monoisotopic (exact) mass is 533 g/mol. The number of imidazole rings is 1. The molecule has 0 aliphatic carbocycles. The lowest BCUT2D eigenvalue weighted by atomic mass is 10.1. The Morgan fingerprint density at radius 3 is 2.30 bits per heavy atom. The van der Waals surface area contributed by atoms with E-state index >= 15 is 0 Å². The minimum atomic E-state index is 0.891. The Morgan fingerprint density at radius 2 is 1.43 bits per heavy atom. The lowest BCUT2D eigenvalue weighted by Crippen LogP contribution is -1.96. The highest BCUT2D eigenvalue weighted by atomic mass is 32.1. The van der Waals surface area contributed by atoms with Gasteiger partial charge in [0.1, 0.15) is 10.8 Å². The van der Waals surface area contributed by atoms with Crippen LogP contribution in [0.5, 0.6) is 0 Å². The first-order valence-electron chi connectivity index (χ1n) is 13.2. The van der Waals surface area contributed by atoms with Gasteiger partial charge in [0.25, 0.3) is 0 Å². The van der Waals surface area contributed by atoms with E-state index in [0.29, 0.717) is 0 Å². The fourth-order valence-corrected chi connectivity index (χ4v) is 6.27. The molecule has 0 amide bonds. The van der Waals surface area contributed by atoms with Crippen LogP contribution in [-0.4, -0.2) is 24.1 Å². The number of benzene rings is 4. The number of aromatic nitrogens is 5. The molecule has 5 nitrogen and oxygen atoms in total. The zero-order chi connectivity index (χ0) is 26.6. The lowest BCUT2D eigenvalue weighted by Gasteiger charge is -2.11. The van der Waals surface area contributed by atoms with Crippen LogP contribution in [0.2, 0.25) is 0 Å². The molecule has 8 aromatic rings. The summed E-state index contributed by atoms with van der Waals surface area (Å²) in [5, 5.41) is 5.35. The minimum absolute atomic E-state index is 0.891. The summed E-state index contributed by atoms with van der Waals surface area (Å²) in [5.41, 5.74) is 9.50. The van der Waals surface area contributed by atoms with Crippen molar-refractivity contribution in [2.24, 2.45) is 7.05 Å². The van der Waals surface area contributed by atoms with Crippen LogP contribution in [0.25, 0.3) is 71.9 Å². The second-order valence-electron chi connectivity index (χ2n) is 9.86. The number of nitrogens with zero attached hydrogens (tertiary/aromatic N) is 5. The van der Waals surface area contributed by atoms with Gasteiger partial charge in [-0.15, -0.1) is 11.3 Å². The quantitative estimate of drug-likeness (QED) is 0.228. The second-order valence-corrected chi connectivity index (χ2v) is 10.8. The van der Waals surface area contributed by atoms with Crippen molar-refractivity contribution in [3.05, 3.63) is 121 Å². The third kappa shape index (κ3) is 3.57. The van der Waals surface area contributed by atoms with Crippen molar-refractivity contribution in [1.29, 1.82) is 0 Å². The van der Waals surface area contributed by atoms with Gasteiger partial charge in [0.15, 0.2) is 0 Å². The molecule has 8 rings (SSSR count). The van der Waals surface area contributed by atoms with Gasteiger partial charge in [-0.3, -0.25) is 0 Å². The van der Waals surface area contributed by atoms with E-state index in [2.05, 4.69) is 118 Å². The molecule has 0 atom stereocenters. The molecule has 0 saturated carbocycles. The van der Waals surface area contributed by atoms with Crippen molar-refractivity contribution in [2.45, 2.75) is 0 Å². The Kier molecular flexibility index (Phi) is 5.15. The average molecular weight is 534 g/mol. The number of fused-ring (bicyclic) bond motifs is 4. The molecule has 0 fully saturated rings. The highest BCUT2D eigenvalue weighted by Gasteiger charge is 2.16. The van der Waals surface area contributed by atoms with Crippen LogP contribution in [0.15, 0.2) is 121 Å². The number of hydrogen-bond acceptors (Lipinski definition) is 4. The number of pyridine rings is 1. The first-order chi connectivity index (χ1) is 19.7. The summed E-state index contributed by atoms with van der Waals surface area (Å²) in [6, 6.07) is 38.3. The first kappa shape index (κ1) is 22.9. The summed E-state index contributed by atoms with van der Waals surface area (Å²) in [6.07, 6.45) is 1.82. The Labute approximate surface area is 234 Å². The standard InChI is InChI=1S/C34H23N5S/c1-38-31-15-5-3-11-28(31)37-33(38)23-16-17-26-25-10-2-4-14-30(25)39(32(26)21-23)24-9-6-8-22(20-24)27-12-7-13-29(36-27)34-35-18-19-40-34/h2-21H,1H3. The van der Waals surface area contributed by atoms with Crippen molar-refractivity contribution >= 4 is 44.2 Å². The molecule has 0 spiro atoms. The van der Waals surface area contributed by atoms with Gasteiger partial charge in [-0.1, -0.05) is 60.7 Å². The molecule has 4 aromatic carbocycles. The highest BCUT2D eigenvalue weighted by Crippen LogP contribution is 2.36. The molecule has 0 saturated heterocycles. The molecule has 4 heterocycles. The maximum Gasteiger partial charge on any atom is 0.141 e. The Bertz CT molecular complexity index is 2190. The van der Waals surface area contributed by atoms with E-state index in [1.54, 1.807) is 11.3 Å². The molecule has 0 aliphatic heterocycles. The molecule has 4 aromatic heterocycles. The van der Waals surface area contributed by atoms with Gasteiger partial charge < -0.3 is 9.13 Å². The maximum absolute atomic E-state index is 4.97. The summed E-state index contributed by atoms with van der Waals surface area (Å²) in [5.74, 6) is 0.955. The number of thiazole rings is 1. The van der Waals surface area contributed by atoms with Gasteiger partial charge in [0.05, 0.1) is 33.5 Å². The van der Waals surface area contributed by atoms with Gasteiger partial charge in [0.2, 0.25) is 0 Å². The molecule has 0 bridgehead atoms. The van der Waals surface area contributed by atoms with Crippen molar-refractivity contribution < 1.29 is 0 Å². The smallest absolute Gasteiger partial charge is 0.141 e. The molecular weight excluding hydrogens is 510 g/mol.